The van der Waals surface area contributed by atoms with E-state index in [1.54, 1.807) is 0 Å². The zero-order valence-electron chi connectivity index (χ0n) is 21.4. The summed E-state index contributed by atoms with van der Waals surface area (Å²) in [7, 11) is 0. The number of nitrogens with two attached hydrogens (primary N) is 3. The Morgan fingerprint density at radius 3 is 2.38 bits per heavy atom. The lowest BCUT2D eigenvalue weighted by atomic mass is 10.0. The van der Waals surface area contributed by atoms with Crippen molar-refractivity contribution in [1.82, 2.24) is 5.32 Å². The van der Waals surface area contributed by atoms with E-state index in [9.17, 15) is 24.3 Å². The molecule has 3 atom stereocenters. The first-order valence-corrected chi connectivity index (χ1v) is 12.9. The highest BCUT2D eigenvalue weighted by atomic mass is 16.4. The number of benzene rings is 1. The zero-order chi connectivity index (χ0) is 27.3. The number of carboxylic acids is 1. The monoisotopic (exact) mass is 517 g/mol. The number of nitrogens with one attached hydrogen (secondary N) is 1. The summed E-state index contributed by atoms with van der Waals surface area (Å²) in [5.41, 5.74) is 17.1. The number of amides is 3. The van der Waals surface area contributed by atoms with Gasteiger partial charge in [-0.1, -0.05) is 43.2 Å². The molecule has 0 aromatic heterocycles. The molecule has 1 fully saturated rings. The van der Waals surface area contributed by atoms with Crippen molar-refractivity contribution in [3.05, 3.63) is 35.9 Å². The molecule has 8 N–H and O–H groups in total. The smallest absolute Gasteiger partial charge is 0.359 e. The summed E-state index contributed by atoms with van der Waals surface area (Å²) in [4.78, 5) is 53.4. The topological polar surface area (TPSA) is 191 Å². The molecule has 0 aliphatic carbocycles. The van der Waals surface area contributed by atoms with E-state index in [4.69, 9.17) is 17.2 Å². The third-order valence-corrected chi connectivity index (χ3v) is 6.92. The van der Waals surface area contributed by atoms with Crippen molar-refractivity contribution in [3.63, 3.8) is 0 Å². The van der Waals surface area contributed by atoms with Gasteiger partial charge in [0.05, 0.1) is 19.0 Å². The number of likely N-dealkylation sites (tertiary alicyclic amines) is 1. The van der Waals surface area contributed by atoms with Gasteiger partial charge in [-0.3, -0.25) is 14.6 Å². The third kappa shape index (κ3) is 9.83. The van der Waals surface area contributed by atoms with Crippen molar-refractivity contribution in [1.29, 1.82) is 0 Å². The molecule has 37 heavy (non-hydrogen) atoms. The molecular weight excluding hydrogens is 476 g/mol. The maximum absolute atomic E-state index is 13.5. The Labute approximate surface area is 218 Å². The highest BCUT2D eigenvalue weighted by molar-refractivity contribution is 5.84. The van der Waals surface area contributed by atoms with Crippen LogP contribution in [0.2, 0.25) is 0 Å². The fourth-order valence-corrected chi connectivity index (χ4v) is 5.16. The number of primary amides is 1. The second kappa shape index (κ2) is 14.9. The number of aliphatic imine (C=N–C) groups is 1. The van der Waals surface area contributed by atoms with Gasteiger partial charge in [0.2, 0.25) is 11.8 Å². The van der Waals surface area contributed by atoms with E-state index in [0.717, 1.165) is 24.8 Å². The predicted molar refractivity (Wildman–Crippen MR) is 140 cm³/mol. The Morgan fingerprint density at radius 1 is 1.03 bits per heavy atom. The number of hydrogen-bond acceptors (Lipinski definition) is 5. The van der Waals surface area contributed by atoms with Crippen molar-refractivity contribution in [2.75, 3.05) is 26.2 Å². The quantitative estimate of drug-likeness (QED) is 0.0866. The molecule has 1 aromatic rings. The first-order chi connectivity index (χ1) is 17.6. The van der Waals surface area contributed by atoms with Gasteiger partial charge in [0, 0.05) is 32.2 Å². The van der Waals surface area contributed by atoms with Crippen molar-refractivity contribution in [3.8, 4) is 0 Å². The molecule has 1 aromatic carbocycles. The lowest BCUT2D eigenvalue weighted by Gasteiger charge is -2.36. The van der Waals surface area contributed by atoms with Crippen molar-refractivity contribution >= 4 is 29.7 Å². The molecule has 0 bridgehead atoms. The number of guanidine groups is 1. The van der Waals surface area contributed by atoms with E-state index in [1.807, 2.05) is 30.3 Å². The summed E-state index contributed by atoms with van der Waals surface area (Å²) in [6.45, 7) is 0.651. The lowest BCUT2D eigenvalue weighted by Crippen LogP contribution is -2.61. The van der Waals surface area contributed by atoms with Crippen LogP contribution in [0.1, 0.15) is 56.9 Å². The number of carbonyl (C=O) groups is 4. The lowest BCUT2D eigenvalue weighted by molar-refractivity contribution is -0.863. The number of aliphatic carboxylic acids is 1. The molecule has 1 aliphatic rings. The molecule has 1 unspecified atom stereocenters. The van der Waals surface area contributed by atoms with E-state index < -0.39 is 23.8 Å². The van der Waals surface area contributed by atoms with Crippen LogP contribution >= 0.6 is 0 Å². The fourth-order valence-electron chi connectivity index (χ4n) is 5.16. The first kappa shape index (κ1) is 29.8. The normalized spacial score (nSPS) is 20.9. The van der Waals surface area contributed by atoms with Gasteiger partial charge in [-0.2, -0.15) is 0 Å². The van der Waals surface area contributed by atoms with Crippen LogP contribution in [0, 0.1) is 5.92 Å². The highest BCUT2D eigenvalue weighted by Crippen LogP contribution is 2.35. The van der Waals surface area contributed by atoms with Gasteiger partial charge in [0.15, 0.2) is 12.5 Å². The molecule has 3 amide bonds. The zero-order valence-corrected chi connectivity index (χ0v) is 21.4. The van der Waals surface area contributed by atoms with E-state index in [0.29, 0.717) is 45.2 Å². The van der Waals surface area contributed by atoms with Crippen LogP contribution in [0.25, 0.3) is 0 Å². The maximum Gasteiger partial charge on any atom is 0.359 e. The van der Waals surface area contributed by atoms with Gasteiger partial charge in [-0.05, 0) is 24.8 Å². The van der Waals surface area contributed by atoms with Crippen LogP contribution < -0.4 is 22.5 Å². The standard InChI is InChI=1S/C26H40N6O5/c27-22(33)16-20-15-21(17-31-23(34)12-6-1-2-7-13-30-26(28)29)32(25(20)37,18-24(35)36)14-8-11-19-9-4-3-5-10-19/h3-5,9-10,20-21H,1-2,6-8,11-18H2,(H7-,27,28,29,30,31,33,34,35,36)/p+1/t20-,21-,32?/m0/s1. The Kier molecular flexibility index (Phi) is 12.0. The van der Waals surface area contributed by atoms with Crippen LogP contribution in [-0.2, 0) is 25.6 Å². The summed E-state index contributed by atoms with van der Waals surface area (Å²) < 4.78 is -0.287. The second-order valence-corrected chi connectivity index (χ2v) is 9.77. The maximum atomic E-state index is 13.5. The average molecular weight is 518 g/mol. The second-order valence-electron chi connectivity index (χ2n) is 9.77. The molecule has 0 spiro atoms. The molecule has 1 heterocycles. The average Bonchev–Trinajstić information content (AvgIpc) is 3.07. The van der Waals surface area contributed by atoms with Crippen molar-refractivity contribution in [2.45, 2.75) is 63.8 Å². The number of unbranched alkanes of at least 4 members (excludes halogenated alkanes) is 3. The van der Waals surface area contributed by atoms with Gasteiger partial charge in [-0.15, -0.1) is 0 Å². The number of carboxylic acid groups (broad SMARTS) is 1. The van der Waals surface area contributed by atoms with Crippen LogP contribution in [0.4, 0.5) is 0 Å². The molecule has 0 saturated carbocycles. The number of hydrogen-bond donors (Lipinski definition) is 5. The molecule has 2 rings (SSSR count). The number of rotatable bonds is 17. The minimum atomic E-state index is -1.09. The minimum absolute atomic E-state index is 0.0697. The Hall–Kier alpha value is -3.47. The Balaban J connectivity index is 2.00. The molecule has 1 aliphatic heterocycles. The molecule has 0 radical (unpaired) electrons. The van der Waals surface area contributed by atoms with Gasteiger partial charge in [-0.25, -0.2) is 14.1 Å². The molecule has 1 saturated heterocycles. The van der Waals surface area contributed by atoms with E-state index in [2.05, 4.69) is 10.3 Å². The largest absolute Gasteiger partial charge is 0.477 e. The summed E-state index contributed by atoms with van der Waals surface area (Å²) in [6.07, 6.45) is 5.10. The van der Waals surface area contributed by atoms with Crippen LogP contribution in [-0.4, -0.2) is 71.5 Å². The summed E-state index contributed by atoms with van der Waals surface area (Å²) >= 11 is 0. The number of quaternary nitrogens is 1. The van der Waals surface area contributed by atoms with Gasteiger partial charge < -0.3 is 27.6 Å². The van der Waals surface area contributed by atoms with Crippen molar-refractivity contribution in [2.24, 2.45) is 28.1 Å². The van der Waals surface area contributed by atoms with Crippen molar-refractivity contribution < 1.29 is 28.8 Å². The minimum Gasteiger partial charge on any atom is -0.477 e. The van der Waals surface area contributed by atoms with E-state index in [1.165, 1.54) is 0 Å². The van der Waals surface area contributed by atoms with Crippen LogP contribution in [0.15, 0.2) is 35.3 Å². The summed E-state index contributed by atoms with van der Waals surface area (Å²) in [6, 6.07) is 9.33. The molecule has 11 nitrogen and oxygen atoms in total. The van der Waals surface area contributed by atoms with E-state index >= 15 is 0 Å². The fraction of sp³-hybridized carbons (Fsp3) is 0.577. The first-order valence-electron chi connectivity index (χ1n) is 12.9. The Bertz CT molecular complexity index is 950. The number of carbonyl (C=O) groups excluding carboxylic acids is 3. The SMILES string of the molecule is NC(=O)C[C@@H]1C[C@@H](CNC(=O)CCCCCCN=C(N)N)[N+](CCCc2ccccc2)(CC(=O)O)C1=O. The highest BCUT2D eigenvalue weighted by Gasteiger charge is 2.55. The van der Waals surface area contributed by atoms with Gasteiger partial charge in [0.25, 0.3) is 0 Å². The molecule has 204 valence electrons. The third-order valence-electron chi connectivity index (χ3n) is 6.92. The van der Waals surface area contributed by atoms with Crippen LogP contribution in [0.3, 0.4) is 0 Å². The molecule has 11 heteroatoms. The number of aryl methyl sites for hydroxylation is 1. The van der Waals surface area contributed by atoms with Gasteiger partial charge >= 0.3 is 11.9 Å². The van der Waals surface area contributed by atoms with Gasteiger partial charge in [0.1, 0.15) is 6.04 Å². The Morgan fingerprint density at radius 2 is 1.73 bits per heavy atom. The summed E-state index contributed by atoms with van der Waals surface area (Å²) in [5, 5.41) is 12.6. The molecular formula is C26H41N6O5+. The predicted octanol–water partition coefficient (Wildman–Crippen LogP) is 0.651. The summed E-state index contributed by atoms with van der Waals surface area (Å²) in [5.74, 6) is -2.70. The number of nitrogens with zero attached hydrogens (tertiary/aromatic N) is 2. The van der Waals surface area contributed by atoms with Crippen LogP contribution in [0.5, 0.6) is 0 Å². The van der Waals surface area contributed by atoms with E-state index in [-0.39, 0.29) is 41.8 Å².